The molecule has 7 heteroatoms. The van der Waals surface area contributed by atoms with Crippen molar-refractivity contribution in [3.8, 4) is 0 Å². The third-order valence-electron chi connectivity index (χ3n) is 4.97. The number of carbonyl (C=O) groups is 2. The Labute approximate surface area is 177 Å². The van der Waals surface area contributed by atoms with E-state index >= 15 is 0 Å². The summed E-state index contributed by atoms with van der Waals surface area (Å²) >= 11 is 0. The second-order valence-corrected chi connectivity index (χ2v) is 7.49. The summed E-state index contributed by atoms with van der Waals surface area (Å²) in [4.78, 5) is 35.6. The first-order valence-electron chi connectivity index (χ1n) is 10.3. The van der Waals surface area contributed by atoms with Crippen molar-refractivity contribution in [2.24, 2.45) is 0 Å². The average Bonchev–Trinajstić information content (AvgIpc) is 2.70. The van der Waals surface area contributed by atoms with Crippen molar-refractivity contribution < 1.29 is 9.59 Å². The SMILES string of the molecule is Cc1cc(C)nc(CCNC(=O)C[C@H]2C(=O)NCCN2C/C=C/c2ccccc2)n1. The van der Waals surface area contributed by atoms with E-state index in [1.54, 1.807) is 0 Å². The van der Waals surface area contributed by atoms with Gasteiger partial charge in [0.2, 0.25) is 11.8 Å². The number of nitrogens with zero attached hydrogens (tertiary/aromatic N) is 3. The number of hydrogen-bond donors (Lipinski definition) is 2. The van der Waals surface area contributed by atoms with Crippen molar-refractivity contribution in [1.82, 2.24) is 25.5 Å². The molecule has 1 aliphatic heterocycles. The van der Waals surface area contributed by atoms with Gasteiger partial charge in [0.05, 0.1) is 12.5 Å². The van der Waals surface area contributed by atoms with E-state index in [0.717, 1.165) is 29.3 Å². The van der Waals surface area contributed by atoms with Crippen LogP contribution in [0.5, 0.6) is 0 Å². The summed E-state index contributed by atoms with van der Waals surface area (Å²) in [6, 6.07) is 11.5. The molecule has 2 amide bonds. The number of piperazine rings is 1. The summed E-state index contributed by atoms with van der Waals surface area (Å²) in [5.74, 6) is 0.483. The zero-order valence-corrected chi connectivity index (χ0v) is 17.6. The Kier molecular flexibility index (Phi) is 7.68. The topological polar surface area (TPSA) is 87.2 Å². The molecule has 30 heavy (non-hydrogen) atoms. The van der Waals surface area contributed by atoms with Crippen LogP contribution in [0.1, 0.15) is 29.2 Å². The molecular formula is C23H29N5O2. The predicted molar refractivity (Wildman–Crippen MR) is 117 cm³/mol. The van der Waals surface area contributed by atoms with Crippen molar-refractivity contribution in [2.45, 2.75) is 32.7 Å². The van der Waals surface area contributed by atoms with Gasteiger partial charge in [0.1, 0.15) is 5.82 Å². The molecule has 2 aromatic rings. The summed E-state index contributed by atoms with van der Waals surface area (Å²) in [6.07, 6.45) is 4.77. The minimum Gasteiger partial charge on any atom is -0.356 e. The monoisotopic (exact) mass is 407 g/mol. The fourth-order valence-corrected chi connectivity index (χ4v) is 3.56. The number of nitrogens with one attached hydrogen (secondary N) is 2. The van der Waals surface area contributed by atoms with E-state index in [9.17, 15) is 9.59 Å². The lowest BCUT2D eigenvalue weighted by molar-refractivity contribution is -0.133. The highest BCUT2D eigenvalue weighted by Gasteiger charge is 2.30. The predicted octanol–water partition coefficient (Wildman–Crippen LogP) is 1.66. The first-order valence-corrected chi connectivity index (χ1v) is 10.3. The molecule has 1 aliphatic rings. The maximum Gasteiger partial charge on any atom is 0.237 e. The number of aryl methyl sites for hydroxylation is 2. The van der Waals surface area contributed by atoms with Gasteiger partial charge >= 0.3 is 0 Å². The van der Waals surface area contributed by atoms with Crippen LogP contribution in [0.15, 0.2) is 42.5 Å². The van der Waals surface area contributed by atoms with E-state index in [2.05, 4.69) is 20.6 Å². The third kappa shape index (κ3) is 6.49. The van der Waals surface area contributed by atoms with Gasteiger partial charge in [-0.3, -0.25) is 14.5 Å². The second-order valence-electron chi connectivity index (χ2n) is 7.49. The molecular weight excluding hydrogens is 378 g/mol. The van der Waals surface area contributed by atoms with Gasteiger partial charge in [-0.05, 0) is 25.5 Å². The highest BCUT2D eigenvalue weighted by molar-refractivity contribution is 5.88. The van der Waals surface area contributed by atoms with Crippen LogP contribution >= 0.6 is 0 Å². The van der Waals surface area contributed by atoms with E-state index in [1.165, 1.54) is 0 Å². The number of carbonyl (C=O) groups excluding carboxylic acids is 2. The van der Waals surface area contributed by atoms with Crippen LogP contribution in [0.3, 0.4) is 0 Å². The molecule has 0 saturated carbocycles. The summed E-state index contributed by atoms with van der Waals surface area (Å²) in [5, 5.41) is 5.76. The zero-order chi connectivity index (χ0) is 21.3. The summed E-state index contributed by atoms with van der Waals surface area (Å²) < 4.78 is 0. The van der Waals surface area contributed by atoms with E-state index in [1.807, 2.05) is 67.3 Å². The fourth-order valence-electron chi connectivity index (χ4n) is 3.56. The molecule has 1 fully saturated rings. The third-order valence-corrected chi connectivity index (χ3v) is 4.97. The molecule has 7 nitrogen and oxygen atoms in total. The van der Waals surface area contributed by atoms with Crippen LogP contribution in [-0.2, 0) is 16.0 Å². The zero-order valence-electron chi connectivity index (χ0n) is 17.6. The smallest absolute Gasteiger partial charge is 0.237 e. The molecule has 1 atom stereocenters. The lowest BCUT2D eigenvalue weighted by Crippen LogP contribution is -2.56. The number of amides is 2. The second kappa shape index (κ2) is 10.6. The summed E-state index contributed by atoms with van der Waals surface area (Å²) in [5.41, 5.74) is 2.95. The Morgan fingerprint density at radius 2 is 1.97 bits per heavy atom. The first kappa shape index (κ1) is 21.6. The molecule has 1 aromatic carbocycles. The fraction of sp³-hybridized carbons (Fsp3) is 0.391. The van der Waals surface area contributed by atoms with Gasteiger partial charge in [-0.2, -0.15) is 0 Å². The molecule has 2 N–H and O–H groups in total. The van der Waals surface area contributed by atoms with Crippen molar-refractivity contribution >= 4 is 17.9 Å². The van der Waals surface area contributed by atoms with Crippen molar-refractivity contribution in [3.05, 3.63) is 65.2 Å². The number of rotatable bonds is 8. The Bertz CT molecular complexity index is 877. The lowest BCUT2D eigenvalue weighted by Gasteiger charge is -2.33. The van der Waals surface area contributed by atoms with Crippen LogP contribution in [0.25, 0.3) is 6.08 Å². The Balaban J connectivity index is 1.50. The molecule has 0 aliphatic carbocycles. The summed E-state index contributed by atoms with van der Waals surface area (Å²) in [7, 11) is 0. The maximum absolute atomic E-state index is 12.4. The largest absolute Gasteiger partial charge is 0.356 e. The van der Waals surface area contributed by atoms with E-state index in [4.69, 9.17) is 0 Å². The molecule has 1 aromatic heterocycles. The van der Waals surface area contributed by atoms with Crippen LogP contribution in [0.4, 0.5) is 0 Å². The molecule has 3 rings (SSSR count). The van der Waals surface area contributed by atoms with Crippen LogP contribution in [-0.4, -0.2) is 58.9 Å². The first-order chi connectivity index (χ1) is 14.5. The van der Waals surface area contributed by atoms with Gasteiger partial charge in [0.15, 0.2) is 0 Å². The van der Waals surface area contributed by atoms with Gasteiger partial charge in [-0.15, -0.1) is 0 Å². The van der Waals surface area contributed by atoms with E-state index < -0.39 is 6.04 Å². The molecule has 0 bridgehead atoms. The lowest BCUT2D eigenvalue weighted by atomic mass is 10.1. The van der Waals surface area contributed by atoms with Crippen LogP contribution in [0.2, 0.25) is 0 Å². The number of benzene rings is 1. The molecule has 158 valence electrons. The minimum atomic E-state index is -0.461. The van der Waals surface area contributed by atoms with E-state index in [-0.39, 0.29) is 18.2 Å². The number of aromatic nitrogens is 2. The quantitative estimate of drug-likeness (QED) is 0.695. The van der Waals surface area contributed by atoms with Crippen LogP contribution < -0.4 is 10.6 Å². The maximum atomic E-state index is 12.4. The van der Waals surface area contributed by atoms with Gasteiger partial charge in [0.25, 0.3) is 0 Å². The van der Waals surface area contributed by atoms with Gasteiger partial charge in [0, 0.05) is 44.0 Å². The highest BCUT2D eigenvalue weighted by atomic mass is 16.2. The molecule has 0 radical (unpaired) electrons. The number of hydrogen-bond acceptors (Lipinski definition) is 5. The van der Waals surface area contributed by atoms with Crippen molar-refractivity contribution in [3.63, 3.8) is 0 Å². The highest BCUT2D eigenvalue weighted by Crippen LogP contribution is 2.10. The molecule has 0 unspecified atom stereocenters. The summed E-state index contributed by atoms with van der Waals surface area (Å²) in [6.45, 7) is 6.25. The molecule has 2 heterocycles. The van der Waals surface area contributed by atoms with Gasteiger partial charge < -0.3 is 10.6 Å². The Morgan fingerprint density at radius 1 is 1.23 bits per heavy atom. The molecule has 1 saturated heterocycles. The standard InChI is InChI=1S/C23H29N5O2/c1-17-15-18(2)27-21(26-17)10-11-24-22(29)16-20-23(30)25-12-14-28(20)13-6-9-19-7-4-3-5-8-19/h3-9,15,20H,10-14,16H2,1-2H3,(H,24,29)(H,25,30)/b9-6+/t20-/m0/s1. The normalized spacial score (nSPS) is 17.1. The minimum absolute atomic E-state index is 0.0952. The van der Waals surface area contributed by atoms with E-state index in [0.29, 0.717) is 26.1 Å². The van der Waals surface area contributed by atoms with Crippen LogP contribution in [0, 0.1) is 13.8 Å². The van der Waals surface area contributed by atoms with Crippen molar-refractivity contribution in [2.75, 3.05) is 26.2 Å². The Hall–Kier alpha value is -3.06. The average molecular weight is 408 g/mol. The van der Waals surface area contributed by atoms with Gasteiger partial charge in [-0.25, -0.2) is 9.97 Å². The van der Waals surface area contributed by atoms with Gasteiger partial charge in [-0.1, -0.05) is 42.5 Å². The Morgan fingerprint density at radius 3 is 2.70 bits per heavy atom. The molecule has 0 spiro atoms. The van der Waals surface area contributed by atoms with Crippen molar-refractivity contribution in [1.29, 1.82) is 0 Å².